The van der Waals surface area contributed by atoms with Gasteiger partial charge in [0, 0.05) is 12.4 Å². The van der Waals surface area contributed by atoms with Gasteiger partial charge in [-0.2, -0.15) is 0 Å². The van der Waals surface area contributed by atoms with E-state index in [-0.39, 0.29) is 12.2 Å². The molecule has 0 aliphatic heterocycles. The number of fused-ring (bicyclic) bond motifs is 1. The van der Waals surface area contributed by atoms with Crippen molar-refractivity contribution in [1.29, 1.82) is 0 Å². The number of nitrogens with one attached hydrogen (secondary N) is 1. The van der Waals surface area contributed by atoms with Crippen LogP contribution in [0, 0.1) is 6.92 Å². The quantitative estimate of drug-likeness (QED) is 0.666. The molecule has 0 saturated carbocycles. The van der Waals surface area contributed by atoms with Crippen molar-refractivity contribution in [2.24, 2.45) is 5.73 Å². The average Bonchev–Trinajstić information content (AvgIpc) is 3.09. The van der Waals surface area contributed by atoms with Gasteiger partial charge in [-0.1, -0.05) is 18.2 Å². The van der Waals surface area contributed by atoms with Gasteiger partial charge < -0.3 is 20.2 Å². The van der Waals surface area contributed by atoms with Crippen LogP contribution in [0.3, 0.4) is 0 Å². The molecule has 0 atom stereocenters. The van der Waals surface area contributed by atoms with Crippen molar-refractivity contribution >= 4 is 11.6 Å². The molecule has 27 heavy (non-hydrogen) atoms. The summed E-state index contributed by atoms with van der Waals surface area (Å²) in [5, 5.41) is 2.19. The van der Waals surface area contributed by atoms with Gasteiger partial charge in [0.25, 0.3) is 11.8 Å². The number of hydrogen-bond donors (Lipinski definition) is 2. The number of alkyl halides is 2. The molecule has 0 aliphatic carbocycles. The van der Waals surface area contributed by atoms with Crippen LogP contribution in [0.1, 0.15) is 21.6 Å². The molecule has 3 aromatic rings. The number of benzene rings is 1. The van der Waals surface area contributed by atoms with E-state index in [1.807, 2.05) is 35.9 Å². The molecule has 6 nitrogen and oxygen atoms in total. The molecule has 142 valence electrons. The first-order chi connectivity index (χ1) is 12.9. The first-order valence-corrected chi connectivity index (χ1v) is 8.41. The Labute approximate surface area is 155 Å². The number of aryl methyl sites for hydroxylation is 1. The topological polar surface area (TPSA) is 81.7 Å². The van der Waals surface area contributed by atoms with E-state index in [2.05, 4.69) is 10.3 Å². The van der Waals surface area contributed by atoms with Crippen molar-refractivity contribution in [3.8, 4) is 5.75 Å². The number of imidazole rings is 1. The molecular formula is C19H20F2N4O2. The number of nitrogens with two attached hydrogens (primary N) is 1. The maximum absolute atomic E-state index is 13.3. The number of nitrogens with zero attached hydrogens (tertiary/aromatic N) is 2. The van der Waals surface area contributed by atoms with Crippen LogP contribution in [-0.2, 0) is 6.61 Å². The molecule has 8 heteroatoms. The molecule has 0 radical (unpaired) electrons. The van der Waals surface area contributed by atoms with Gasteiger partial charge in [-0.15, -0.1) is 0 Å². The van der Waals surface area contributed by atoms with Crippen molar-refractivity contribution in [3.63, 3.8) is 0 Å². The van der Waals surface area contributed by atoms with E-state index in [1.54, 1.807) is 18.2 Å². The lowest BCUT2D eigenvalue weighted by molar-refractivity contribution is 0.0118. The molecule has 0 spiro atoms. The second-order valence-corrected chi connectivity index (χ2v) is 6.18. The number of hydrogen-bond acceptors (Lipinski definition) is 4. The zero-order valence-electron chi connectivity index (χ0n) is 14.8. The standard InChI is InChI=1S/C19H20F2N4O2/c1-13-5-4-8-25-9-14(24-17(13)25)10-27-16-7-3-2-6-15(16)18(26)23-12-19(20,21)11-22/h2-9H,10-12,22H2,1H3,(H,23,26). The molecule has 3 N–H and O–H groups in total. The van der Waals surface area contributed by atoms with Crippen molar-refractivity contribution in [2.75, 3.05) is 13.1 Å². The zero-order valence-corrected chi connectivity index (χ0v) is 14.8. The first-order valence-electron chi connectivity index (χ1n) is 8.41. The van der Waals surface area contributed by atoms with Gasteiger partial charge in [0.05, 0.1) is 24.3 Å². The van der Waals surface area contributed by atoms with Gasteiger partial charge in [-0.05, 0) is 30.7 Å². The van der Waals surface area contributed by atoms with Crippen LogP contribution in [-0.4, -0.2) is 34.3 Å². The molecular weight excluding hydrogens is 354 g/mol. The third kappa shape index (κ3) is 4.40. The van der Waals surface area contributed by atoms with Gasteiger partial charge in [0.1, 0.15) is 18.0 Å². The molecule has 0 bridgehead atoms. The molecule has 1 aromatic carbocycles. The van der Waals surface area contributed by atoms with Gasteiger partial charge in [0.2, 0.25) is 0 Å². The Balaban J connectivity index is 1.71. The highest BCUT2D eigenvalue weighted by Gasteiger charge is 2.27. The Bertz CT molecular complexity index is 956. The summed E-state index contributed by atoms with van der Waals surface area (Å²) in [6.45, 7) is 0.440. The van der Waals surface area contributed by atoms with Gasteiger partial charge >= 0.3 is 0 Å². The van der Waals surface area contributed by atoms with E-state index in [1.165, 1.54) is 6.07 Å². The van der Waals surface area contributed by atoms with E-state index >= 15 is 0 Å². The lowest BCUT2D eigenvalue weighted by atomic mass is 10.2. The maximum atomic E-state index is 13.3. The number of halogens is 2. The van der Waals surface area contributed by atoms with Gasteiger partial charge in [-0.25, -0.2) is 13.8 Å². The molecule has 0 unspecified atom stereocenters. The number of para-hydroxylation sites is 1. The minimum absolute atomic E-state index is 0.143. The third-order valence-electron chi connectivity index (χ3n) is 4.04. The van der Waals surface area contributed by atoms with Crippen molar-refractivity contribution in [2.45, 2.75) is 19.5 Å². The summed E-state index contributed by atoms with van der Waals surface area (Å²) in [6.07, 6.45) is 3.73. The number of ether oxygens (including phenoxy) is 1. The van der Waals surface area contributed by atoms with Crippen LogP contribution in [0.4, 0.5) is 8.78 Å². The van der Waals surface area contributed by atoms with Crippen LogP contribution in [0.2, 0.25) is 0 Å². The normalized spacial score (nSPS) is 11.6. The van der Waals surface area contributed by atoms with Gasteiger partial charge in [-0.3, -0.25) is 4.79 Å². The summed E-state index contributed by atoms with van der Waals surface area (Å²) in [4.78, 5) is 16.7. The van der Waals surface area contributed by atoms with Crippen molar-refractivity contribution in [3.05, 3.63) is 65.6 Å². The Morgan fingerprint density at radius 1 is 1.30 bits per heavy atom. The Morgan fingerprint density at radius 2 is 2.07 bits per heavy atom. The smallest absolute Gasteiger partial charge is 0.277 e. The largest absolute Gasteiger partial charge is 0.486 e. The number of pyridine rings is 1. The number of aromatic nitrogens is 2. The van der Waals surface area contributed by atoms with E-state index in [0.717, 1.165) is 11.2 Å². The van der Waals surface area contributed by atoms with Crippen LogP contribution >= 0.6 is 0 Å². The van der Waals surface area contributed by atoms with E-state index in [0.29, 0.717) is 11.4 Å². The van der Waals surface area contributed by atoms with E-state index in [9.17, 15) is 13.6 Å². The fraction of sp³-hybridized carbons (Fsp3) is 0.263. The molecule has 1 amide bonds. The number of carbonyl (C=O) groups excluding carboxylic acids is 1. The number of rotatable bonds is 7. The van der Waals surface area contributed by atoms with E-state index < -0.39 is 24.9 Å². The second kappa shape index (κ2) is 7.71. The maximum Gasteiger partial charge on any atom is 0.277 e. The number of carbonyl (C=O) groups is 1. The molecule has 2 aromatic heterocycles. The molecule has 0 aliphatic rings. The molecule has 3 rings (SSSR count). The number of amides is 1. The van der Waals surface area contributed by atoms with Crippen molar-refractivity contribution < 1.29 is 18.3 Å². The summed E-state index contributed by atoms with van der Waals surface area (Å²) in [6, 6.07) is 10.3. The average molecular weight is 374 g/mol. The lowest BCUT2D eigenvalue weighted by Gasteiger charge is -2.15. The summed E-state index contributed by atoms with van der Waals surface area (Å²) in [5.41, 5.74) is 7.70. The predicted octanol–water partition coefficient (Wildman–Crippen LogP) is 2.55. The molecule has 2 heterocycles. The highest BCUT2D eigenvalue weighted by atomic mass is 19.3. The lowest BCUT2D eigenvalue weighted by Crippen LogP contribution is -2.41. The summed E-state index contributed by atoms with van der Waals surface area (Å²) in [5.74, 6) is -3.51. The first kappa shape index (κ1) is 18.8. The van der Waals surface area contributed by atoms with Gasteiger partial charge in [0.15, 0.2) is 0 Å². The molecule has 0 fully saturated rings. The van der Waals surface area contributed by atoms with Crippen LogP contribution in [0.25, 0.3) is 5.65 Å². The highest BCUT2D eigenvalue weighted by molar-refractivity contribution is 5.96. The van der Waals surface area contributed by atoms with Crippen LogP contribution < -0.4 is 15.8 Å². The SMILES string of the molecule is Cc1cccn2cc(COc3ccccc3C(=O)NCC(F)(F)CN)nc12. The molecule has 0 saturated heterocycles. The highest BCUT2D eigenvalue weighted by Crippen LogP contribution is 2.20. The fourth-order valence-electron chi connectivity index (χ4n) is 2.58. The Hall–Kier alpha value is -3.00. The van der Waals surface area contributed by atoms with Crippen molar-refractivity contribution in [1.82, 2.24) is 14.7 Å². The Kier molecular flexibility index (Phi) is 5.36. The summed E-state index contributed by atoms with van der Waals surface area (Å²) >= 11 is 0. The fourth-order valence-corrected chi connectivity index (χ4v) is 2.58. The minimum Gasteiger partial charge on any atom is -0.486 e. The predicted molar refractivity (Wildman–Crippen MR) is 97.0 cm³/mol. The third-order valence-corrected chi connectivity index (χ3v) is 4.04. The zero-order chi connectivity index (χ0) is 19.4. The monoisotopic (exact) mass is 374 g/mol. The second-order valence-electron chi connectivity index (χ2n) is 6.18. The summed E-state index contributed by atoms with van der Waals surface area (Å²) in [7, 11) is 0. The van der Waals surface area contributed by atoms with Crippen LogP contribution in [0.15, 0.2) is 48.8 Å². The van der Waals surface area contributed by atoms with Crippen LogP contribution in [0.5, 0.6) is 5.75 Å². The minimum atomic E-state index is -3.15. The van der Waals surface area contributed by atoms with E-state index in [4.69, 9.17) is 10.5 Å². The Morgan fingerprint density at radius 3 is 2.81 bits per heavy atom. The summed E-state index contributed by atoms with van der Waals surface area (Å²) < 4.78 is 34.1.